The molecule has 0 saturated carbocycles. The van der Waals surface area contributed by atoms with Crippen molar-refractivity contribution in [2.75, 3.05) is 7.11 Å². The number of hydrogen-bond donors (Lipinski definition) is 1. The second-order valence-corrected chi connectivity index (χ2v) is 2.40. The normalized spacial score (nSPS) is 9.73. The lowest BCUT2D eigenvalue weighted by molar-refractivity contribution is 0.268. The van der Waals surface area contributed by atoms with E-state index in [0.29, 0.717) is 16.5 Å². The van der Waals surface area contributed by atoms with Crippen molar-refractivity contribution in [2.45, 2.75) is 6.61 Å². The molecule has 1 N–H and O–H groups in total. The van der Waals surface area contributed by atoms with E-state index in [1.807, 2.05) is 0 Å². The largest absolute Gasteiger partial charge is 0.495 e. The first-order valence-corrected chi connectivity index (χ1v) is 3.45. The van der Waals surface area contributed by atoms with Crippen LogP contribution in [0.5, 0.6) is 5.75 Å². The molecular formula is C7H8ClNO2. The van der Waals surface area contributed by atoms with Crippen molar-refractivity contribution < 1.29 is 9.84 Å². The van der Waals surface area contributed by atoms with E-state index in [0.717, 1.165) is 0 Å². The molecule has 0 aliphatic heterocycles. The smallest absolute Gasteiger partial charge is 0.144 e. The second-order valence-electron chi connectivity index (χ2n) is 1.96. The van der Waals surface area contributed by atoms with E-state index >= 15 is 0 Å². The molecule has 0 bridgehead atoms. The lowest BCUT2D eigenvalue weighted by Crippen LogP contribution is -1.94. The van der Waals surface area contributed by atoms with Crippen LogP contribution in [0.2, 0.25) is 5.02 Å². The molecule has 0 radical (unpaired) electrons. The molecule has 0 saturated heterocycles. The lowest BCUT2D eigenvalue weighted by Gasteiger charge is -2.03. The third-order valence-corrected chi connectivity index (χ3v) is 1.47. The first kappa shape index (κ1) is 8.30. The summed E-state index contributed by atoms with van der Waals surface area (Å²) in [7, 11) is 1.51. The monoisotopic (exact) mass is 173 g/mol. The molecule has 0 spiro atoms. The van der Waals surface area contributed by atoms with Crippen LogP contribution in [-0.4, -0.2) is 17.2 Å². The summed E-state index contributed by atoms with van der Waals surface area (Å²) in [5, 5.41) is 9.25. The molecule has 1 heterocycles. The number of ether oxygens (including phenoxy) is 1. The van der Waals surface area contributed by atoms with Gasteiger partial charge in [-0.15, -0.1) is 0 Å². The Kier molecular flexibility index (Phi) is 2.68. The minimum Gasteiger partial charge on any atom is -0.495 e. The van der Waals surface area contributed by atoms with Crippen LogP contribution in [-0.2, 0) is 6.61 Å². The van der Waals surface area contributed by atoms with E-state index in [1.54, 1.807) is 6.07 Å². The molecule has 0 aliphatic carbocycles. The molecule has 1 aromatic rings. The van der Waals surface area contributed by atoms with Gasteiger partial charge in [0.15, 0.2) is 0 Å². The summed E-state index contributed by atoms with van der Waals surface area (Å²) in [6, 6.07) is 1.61. The molecule has 3 nitrogen and oxygen atoms in total. The van der Waals surface area contributed by atoms with Crippen molar-refractivity contribution in [3.63, 3.8) is 0 Å². The van der Waals surface area contributed by atoms with Gasteiger partial charge in [-0.1, -0.05) is 11.6 Å². The highest BCUT2D eigenvalue weighted by molar-refractivity contribution is 6.30. The molecule has 60 valence electrons. The van der Waals surface area contributed by atoms with Gasteiger partial charge in [-0.25, -0.2) is 0 Å². The molecule has 11 heavy (non-hydrogen) atoms. The van der Waals surface area contributed by atoms with Gasteiger partial charge in [-0.2, -0.15) is 0 Å². The number of rotatable bonds is 2. The zero-order chi connectivity index (χ0) is 8.27. The van der Waals surface area contributed by atoms with E-state index in [4.69, 9.17) is 21.4 Å². The zero-order valence-corrected chi connectivity index (χ0v) is 6.80. The van der Waals surface area contributed by atoms with Crippen LogP contribution in [0.3, 0.4) is 0 Å². The van der Waals surface area contributed by atoms with Crippen LogP contribution in [0.4, 0.5) is 0 Å². The quantitative estimate of drug-likeness (QED) is 0.732. The van der Waals surface area contributed by atoms with E-state index < -0.39 is 0 Å². The van der Waals surface area contributed by atoms with Gasteiger partial charge in [0.25, 0.3) is 0 Å². The van der Waals surface area contributed by atoms with E-state index in [1.165, 1.54) is 13.3 Å². The van der Waals surface area contributed by atoms with Crippen molar-refractivity contribution in [3.8, 4) is 5.75 Å². The topological polar surface area (TPSA) is 42.4 Å². The van der Waals surface area contributed by atoms with Gasteiger partial charge < -0.3 is 9.84 Å². The van der Waals surface area contributed by atoms with Crippen LogP contribution >= 0.6 is 11.6 Å². The number of aromatic nitrogens is 1. The Morgan fingerprint density at radius 2 is 2.45 bits per heavy atom. The molecule has 0 unspecified atom stereocenters. The number of methoxy groups -OCH3 is 1. The van der Waals surface area contributed by atoms with Crippen molar-refractivity contribution in [3.05, 3.63) is 23.0 Å². The van der Waals surface area contributed by atoms with Gasteiger partial charge >= 0.3 is 0 Å². The number of nitrogens with zero attached hydrogens (tertiary/aromatic N) is 1. The molecule has 0 aromatic carbocycles. The molecule has 4 heteroatoms. The summed E-state index contributed by atoms with van der Waals surface area (Å²) in [5.74, 6) is 0.514. The lowest BCUT2D eigenvalue weighted by atomic mass is 10.3. The fraction of sp³-hybridized carbons (Fsp3) is 0.286. The predicted molar refractivity (Wildman–Crippen MR) is 41.7 cm³/mol. The molecule has 0 atom stereocenters. The Morgan fingerprint density at radius 1 is 1.73 bits per heavy atom. The fourth-order valence-corrected chi connectivity index (χ4v) is 0.892. The highest BCUT2D eigenvalue weighted by Crippen LogP contribution is 2.19. The summed E-state index contributed by atoms with van der Waals surface area (Å²) in [4.78, 5) is 3.86. The van der Waals surface area contributed by atoms with Gasteiger partial charge in [0.05, 0.1) is 18.7 Å². The standard InChI is InChI=1S/C7H8ClNO2/c1-11-7-2-5(8)3-9-6(7)4-10/h2-3,10H,4H2,1H3. The third kappa shape index (κ3) is 1.82. The van der Waals surface area contributed by atoms with Gasteiger partial charge in [-0.3, -0.25) is 4.98 Å². The van der Waals surface area contributed by atoms with Crippen molar-refractivity contribution >= 4 is 11.6 Å². The van der Waals surface area contributed by atoms with Gasteiger partial charge in [-0.05, 0) is 0 Å². The average Bonchev–Trinajstić information content (AvgIpc) is 2.04. The van der Waals surface area contributed by atoms with E-state index in [9.17, 15) is 0 Å². The van der Waals surface area contributed by atoms with Crippen molar-refractivity contribution in [1.29, 1.82) is 0 Å². The number of aliphatic hydroxyl groups excluding tert-OH is 1. The zero-order valence-electron chi connectivity index (χ0n) is 6.04. The average molecular weight is 174 g/mol. The molecule has 1 rings (SSSR count). The van der Waals surface area contributed by atoms with Crippen LogP contribution in [0, 0.1) is 0 Å². The highest BCUT2D eigenvalue weighted by atomic mass is 35.5. The van der Waals surface area contributed by atoms with Crippen LogP contribution in [0.25, 0.3) is 0 Å². The highest BCUT2D eigenvalue weighted by Gasteiger charge is 2.02. The molecular weight excluding hydrogens is 166 g/mol. The van der Waals surface area contributed by atoms with Gasteiger partial charge in [0.2, 0.25) is 0 Å². The third-order valence-electron chi connectivity index (χ3n) is 1.27. The number of pyridine rings is 1. The van der Waals surface area contributed by atoms with E-state index in [2.05, 4.69) is 4.98 Å². The summed E-state index contributed by atoms with van der Waals surface area (Å²) in [6.07, 6.45) is 1.47. The Balaban J connectivity index is 3.06. The summed E-state index contributed by atoms with van der Waals surface area (Å²) >= 11 is 5.63. The minimum absolute atomic E-state index is 0.139. The maximum absolute atomic E-state index is 8.75. The van der Waals surface area contributed by atoms with Crippen LogP contribution in [0.15, 0.2) is 12.3 Å². The number of halogens is 1. The summed E-state index contributed by atoms with van der Waals surface area (Å²) < 4.78 is 4.91. The first-order chi connectivity index (χ1) is 5.27. The molecule has 0 amide bonds. The van der Waals surface area contributed by atoms with Gasteiger partial charge in [0, 0.05) is 12.3 Å². The second kappa shape index (κ2) is 3.55. The Labute approximate surface area is 69.6 Å². The Hall–Kier alpha value is -0.800. The maximum Gasteiger partial charge on any atom is 0.144 e. The first-order valence-electron chi connectivity index (χ1n) is 3.07. The van der Waals surface area contributed by atoms with Crippen LogP contribution in [0.1, 0.15) is 5.69 Å². The van der Waals surface area contributed by atoms with E-state index in [-0.39, 0.29) is 6.61 Å². The minimum atomic E-state index is -0.139. The summed E-state index contributed by atoms with van der Waals surface area (Å²) in [5.41, 5.74) is 0.497. The molecule has 0 aliphatic rings. The fourth-order valence-electron chi connectivity index (χ4n) is 0.744. The maximum atomic E-state index is 8.75. The SMILES string of the molecule is COc1cc(Cl)cnc1CO. The van der Waals surface area contributed by atoms with Crippen molar-refractivity contribution in [1.82, 2.24) is 4.98 Å². The Morgan fingerprint density at radius 3 is 3.00 bits per heavy atom. The summed E-state index contributed by atoms with van der Waals surface area (Å²) in [6.45, 7) is -0.139. The predicted octanol–water partition coefficient (Wildman–Crippen LogP) is 1.24. The Bertz CT molecular complexity index is 252. The number of aliphatic hydroxyl groups is 1. The van der Waals surface area contributed by atoms with Crippen molar-refractivity contribution in [2.24, 2.45) is 0 Å². The molecule has 1 aromatic heterocycles. The number of hydrogen-bond acceptors (Lipinski definition) is 3. The molecule has 0 fully saturated rings. The van der Waals surface area contributed by atoms with Gasteiger partial charge in [0.1, 0.15) is 11.4 Å². The van der Waals surface area contributed by atoms with Crippen LogP contribution < -0.4 is 4.74 Å².